The Balaban J connectivity index is 1.60. The van der Waals surface area contributed by atoms with Crippen molar-refractivity contribution in [3.63, 3.8) is 0 Å². The van der Waals surface area contributed by atoms with Crippen molar-refractivity contribution < 1.29 is 4.79 Å². The summed E-state index contributed by atoms with van der Waals surface area (Å²) in [6.07, 6.45) is 4.40. The van der Waals surface area contributed by atoms with E-state index in [2.05, 4.69) is 10.3 Å². The largest absolute Gasteiger partial charge is 0.351 e. The van der Waals surface area contributed by atoms with E-state index in [9.17, 15) is 4.79 Å². The molecule has 0 spiro atoms. The lowest BCUT2D eigenvalue weighted by Gasteiger charge is -2.17. The van der Waals surface area contributed by atoms with Gasteiger partial charge in [-0.1, -0.05) is 29.3 Å². The molecule has 3 aromatic rings. The first kappa shape index (κ1) is 19.8. The third-order valence-electron chi connectivity index (χ3n) is 4.09. The van der Waals surface area contributed by atoms with Crippen LogP contribution >= 0.6 is 34.5 Å². The van der Waals surface area contributed by atoms with Gasteiger partial charge in [0.25, 0.3) is 0 Å². The SMILES string of the molecule is NC[C@H](Cc1ccc(Cl)cc1Cl)NC(=O)Cc1ccc(-c2ccncc2)s1. The second-order valence-corrected chi connectivity index (χ2v) is 8.13. The molecule has 1 atom stereocenters. The first-order valence-corrected chi connectivity index (χ1v) is 10.0. The van der Waals surface area contributed by atoms with Crippen LogP contribution in [0.5, 0.6) is 0 Å². The summed E-state index contributed by atoms with van der Waals surface area (Å²) in [5.74, 6) is -0.0568. The van der Waals surface area contributed by atoms with E-state index in [0.29, 0.717) is 29.4 Å². The van der Waals surface area contributed by atoms with E-state index in [-0.39, 0.29) is 11.9 Å². The number of thiophene rings is 1. The van der Waals surface area contributed by atoms with Gasteiger partial charge >= 0.3 is 0 Å². The zero-order valence-corrected chi connectivity index (χ0v) is 16.8. The predicted octanol–water partition coefficient (Wildman–Crippen LogP) is 4.35. The summed E-state index contributed by atoms with van der Waals surface area (Å²) in [5.41, 5.74) is 7.84. The fourth-order valence-electron chi connectivity index (χ4n) is 2.73. The standard InChI is InChI=1S/C20H19Cl2N3OS/c21-15-2-1-14(18(22)10-15)9-16(12-23)25-20(26)11-17-3-4-19(27-17)13-5-7-24-8-6-13/h1-8,10,16H,9,11-12,23H2,(H,25,26)/t16-/m0/s1. The lowest BCUT2D eigenvalue weighted by molar-refractivity contribution is -0.121. The van der Waals surface area contributed by atoms with E-state index in [1.54, 1.807) is 35.9 Å². The second kappa shape index (κ2) is 9.33. The average molecular weight is 420 g/mol. The van der Waals surface area contributed by atoms with Crippen LogP contribution < -0.4 is 11.1 Å². The normalized spacial score (nSPS) is 12.0. The van der Waals surface area contributed by atoms with Crippen LogP contribution in [0, 0.1) is 0 Å². The number of hydrogen-bond donors (Lipinski definition) is 2. The molecule has 0 aliphatic heterocycles. The molecule has 3 rings (SSSR count). The van der Waals surface area contributed by atoms with Gasteiger partial charge in [-0.05, 0) is 53.9 Å². The summed E-state index contributed by atoms with van der Waals surface area (Å²) in [5, 5.41) is 4.16. The van der Waals surface area contributed by atoms with Crippen LogP contribution in [0.15, 0.2) is 54.9 Å². The number of amides is 1. The first-order valence-electron chi connectivity index (χ1n) is 8.47. The predicted molar refractivity (Wildman–Crippen MR) is 112 cm³/mol. The van der Waals surface area contributed by atoms with Gasteiger partial charge in [0.2, 0.25) is 5.91 Å². The van der Waals surface area contributed by atoms with E-state index < -0.39 is 0 Å². The molecule has 1 amide bonds. The molecule has 0 saturated carbocycles. The molecule has 0 bridgehead atoms. The molecule has 0 unspecified atom stereocenters. The smallest absolute Gasteiger partial charge is 0.225 e. The first-order chi connectivity index (χ1) is 13.0. The molecule has 0 aliphatic carbocycles. The number of carbonyl (C=O) groups is 1. The van der Waals surface area contributed by atoms with Crippen LogP contribution in [0.1, 0.15) is 10.4 Å². The Labute approximate surface area is 172 Å². The van der Waals surface area contributed by atoms with Gasteiger partial charge in [0.15, 0.2) is 0 Å². The summed E-state index contributed by atoms with van der Waals surface area (Å²) in [6.45, 7) is 0.331. The van der Waals surface area contributed by atoms with Crippen LogP contribution in [0.2, 0.25) is 10.0 Å². The van der Waals surface area contributed by atoms with Gasteiger partial charge < -0.3 is 11.1 Å². The molecular weight excluding hydrogens is 401 g/mol. The van der Waals surface area contributed by atoms with Crippen molar-refractivity contribution in [2.75, 3.05) is 6.54 Å². The zero-order chi connectivity index (χ0) is 19.2. The third-order valence-corrected chi connectivity index (χ3v) is 5.81. The molecule has 27 heavy (non-hydrogen) atoms. The average Bonchev–Trinajstić information content (AvgIpc) is 3.12. The van der Waals surface area contributed by atoms with Crippen LogP contribution in [-0.2, 0) is 17.6 Å². The third kappa shape index (κ3) is 5.53. The highest BCUT2D eigenvalue weighted by Crippen LogP contribution is 2.28. The van der Waals surface area contributed by atoms with Gasteiger partial charge in [-0.2, -0.15) is 0 Å². The van der Waals surface area contributed by atoms with Crippen LogP contribution in [0.4, 0.5) is 0 Å². The second-order valence-electron chi connectivity index (χ2n) is 6.12. The van der Waals surface area contributed by atoms with E-state index in [0.717, 1.165) is 20.9 Å². The van der Waals surface area contributed by atoms with Crippen molar-refractivity contribution in [2.24, 2.45) is 5.73 Å². The number of halogens is 2. The Kier molecular flexibility index (Phi) is 6.85. The number of rotatable bonds is 7. The Morgan fingerprint density at radius 3 is 2.63 bits per heavy atom. The molecule has 140 valence electrons. The number of nitrogens with one attached hydrogen (secondary N) is 1. The van der Waals surface area contributed by atoms with E-state index >= 15 is 0 Å². The minimum atomic E-state index is -0.184. The van der Waals surface area contributed by atoms with Crippen molar-refractivity contribution in [3.05, 3.63) is 75.3 Å². The number of nitrogens with zero attached hydrogens (tertiary/aromatic N) is 1. The summed E-state index contributed by atoms with van der Waals surface area (Å²) in [6, 6.07) is 13.1. The van der Waals surface area contributed by atoms with E-state index in [4.69, 9.17) is 28.9 Å². The number of carbonyl (C=O) groups excluding carboxylic acids is 1. The van der Waals surface area contributed by atoms with Crippen molar-refractivity contribution >= 4 is 40.4 Å². The maximum Gasteiger partial charge on any atom is 0.225 e. The monoisotopic (exact) mass is 419 g/mol. The highest BCUT2D eigenvalue weighted by atomic mass is 35.5. The number of benzene rings is 1. The number of aromatic nitrogens is 1. The minimum absolute atomic E-state index is 0.0568. The molecule has 4 nitrogen and oxygen atoms in total. The Morgan fingerprint density at radius 1 is 1.15 bits per heavy atom. The van der Waals surface area contributed by atoms with Crippen molar-refractivity contribution in [3.8, 4) is 10.4 Å². The van der Waals surface area contributed by atoms with Crippen LogP contribution in [0.25, 0.3) is 10.4 Å². The number of nitrogens with two attached hydrogens (primary N) is 1. The van der Waals surface area contributed by atoms with Gasteiger partial charge in [-0.25, -0.2) is 0 Å². The van der Waals surface area contributed by atoms with Gasteiger partial charge in [-0.3, -0.25) is 9.78 Å². The van der Waals surface area contributed by atoms with E-state index in [1.165, 1.54) is 0 Å². The quantitative estimate of drug-likeness (QED) is 0.597. The summed E-state index contributed by atoms with van der Waals surface area (Å²) >= 11 is 13.7. The Hall–Kier alpha value is -1.92. The molecule has 0 fully saturated rings. The summed E-state index contributed by atoms with van der Waals surface area (Å²) in [4.78, 5) is 18.6. The fraction of sp³-hybridized carbons (Fsp3) is 0.200. The summed E-state index contributed by atoms with van der Waals surface area (Å²) < 4.78 is 0. The molecule has 3 N–H and O–H groups in total. The lowest BCUT2D eigenvalue weighted by Crippen LogP contribution is -2.42. The molecule has 2 heterocycles. The zero-order valence-electron chi connectivity index (χ0n) is 14.5. The van der Waals surface area contributed by atoms with Crippen molar-refractivity contribution in [1.29, 1.82) is 0 Å². The van der Waals surface area contributed by atoms with Crippen molar-refractivity contribution in [1.82, 2.24) is 10.3 Å². The number of pyridine rings is 1. The maximum absolute atomic E-state index is 12.4. The molecule has 2 aromatic heterocycles. The Bertz CT molecular complexity index is 915. The lowest BCUT2D eigenvalue weighted by atomic mass is 10.1. The van der Waals surface area contributed by atoms with Gasteiger partial charge in [0, 0.05) is 44.8 Å². The summed E-state index contributed by atoms with van der Waals surface area (Å²) in [7, 11) is 0. The Morgan fingerprint density at radius 2 is 1.93 bits per heavy atom. The molecule has 0 radical (unpaired) electrons. The van der Waals surface area contributed by atoms with Gasteiger partial charge in [-0.15, -0.1) is 11.3 Å². The van der Waals surface area contributed by atoms with Gasteiger partial charge in [0.1, 0.15) is 0 Å². The molecule has 1 aromatic carbocycles. The van der Waals surface area contributed by atoms with Crippen LogP contribution in [0.3, 0.4) is 0 Å². The highest BCUT2D eigenvalue weighted by molar-refractivity contribution is 7.15. The fourth-order valence-corrected chi connectivity index (χ4v) is 4.22. The minimum Gasteiger partial charge on any atom is -0.351 e. The van der Waals surface area contributed by atoms with Crippen molar-refractivity contribution in [2.45, 2.75) is 18.9 Å². The highest BCUT2D eigenvalue weighted by Gasteiger charge is 2.15. The van der Waals surface area contributed by atoms with E-state index in [1.807, 2.05) is 30.3 Å². The van der Waals surface area contributed by atoms with Gasteiger partial charge in [0.05, 0.1) is 6.42 Å². The molecule has 7 heteroatoms. The van der Waals surface area contributed by atoms with Crippen LogP contribution in [-0.4, -0.2) is 23.5 Å². The molecule has 0 saturated heterocycles. The maximum atomic E-state index is 12.4. The molecule has 0 aliphatic rings. The molecular formula is C20H19Cl2N3OS. The number of hydrogen-bond acceptors (Lipinski definition) is 4. The topological polar surface area (TPSA) is 68.0 Å².